The second-order valence-corrected chi connectivity index (χ2v) is 10.9. The highest BCUT2D eigenvalue weighted by Gasteiger charge is 2.27. The Morgan fingerprint density at radius 3 is 2.19 bits per heavy atom. The summed E-state index contributed by atoms with van der Waals surface area (Å²) in [6, 6.07) is 30.0. The van der Waals surface area contributed by atoms with Crippen LogP contribution >= 0.6 is 0 Å². The fraction of sp³-hybridized carbons (Fsp3) is 0.176. The first-order valence-electron chi connectivity index (χ1n) is 12.7. The van der Waals surface area contributed by atoms with Gasteiger partial charge in [0, 0.05) is 17.1 Å². The summed E-state index contributed by atoms with van der Waals surface area (Å²) in [4.78, 5) is 3.73. The van der Waals surface area contributed by atoms with E-state index < -0.39 is 0 Å². The lowest BCUT2D eigenvalue weighted by molar-refractivity contribution is -0.659. The number of benzene rings is 4. The van der Waals surface area contributed by atoms with Crippen LogP contribution in [-0.2, 0) is 12.5 Å². The van der Waals surface area contributed by atoms with Crippen molar-refractivity contribution in [3.05, 3.63) is 114 Å². The summed E-state index contributed by atoms with van der Waals surface area (Å²) < 4.78 is 4.61. The molecule has 0 bridgehead atoms. The largest absolute Gasteiger partial charge is 0.304 e. The minimum absolute atomic E-state index is 0.00874. The molecular weight excluding hydrogens is 450 g/mol. The van der Waals surface area contributed by atoms with E-state index in [0.29, 0.717) is 5.69 Å². The van der Waals surface area contributed by atoms with Gasteiger partial charge in [0.25, 0.3) is 0 Å². The Hall–Kier alpha value is -4.42. The van der Waals surface area contributed by atoms with Gasteiger partial charge in [0.05, 0.1) is 17.7 Å². The van der Waals surface area contributed by atoms with E-state index in [0.717, 1.165) is 27.5 Å². The fourth-order valence-electron chi connectivity index (χ4n) is 5.75. The zero-order valence-corrected chi connectivity index (χ0v) is 22.0. The molecule has 0 aliphatic rings. The highest BCUT2D eigenvalue weighted by atomic mass is 15.0. The van der Waals surface area contributed by atoms with E-state index in [1.165, 1.54) is 33.2 Å². The molecule has 0 aliphatic carbocycles. The molecule has 3 nitrogen and oxygen atoms in total. The summed E-state index contributed by atoms with van der Waals surface area (Å²) in [5.74, 6) is 0. The van der Waals surface area contributed by atoms with Crippen molar-refractivity contribution in [1.82, 2.24) is 4.57 Å². The van der Waals surface area contributed by atoms with Crippen molar-refractivity contribution in [1.29, 1.82) is 0 Å². The normalized spacial score (nSPS) is 11.9. The van der Waals surface area contributed by atoms with E-state index in [2.05, 4.69) is 128 Å². The monoisotopic (exact) mass is 480 g/mol. The van der Waals surface area contributed by atoms with E-state index >= 15 is 0 Å². The maximum Gasteiger partial charge on any atom is 0.237 e. The molecule has 0 fully saturated rings. The third-order valence-electron chi connectivity index (χ3n) is 7.55. The van der Waals surface area contributed by atoms with E-state index in [1.54, 1.807) is 0 Å². The molecule has 2 heterocycles. The molecule has 3 heteroatoms. The van der Waals surface area contributed by atoms with Crippen molar-refractivity contribution in [2.75, 3.05) is 0 Å². The van der Waals surface area contributed by atoms with E-state index in [-0.39, 0.29) is 5.41 Å². The molecule has 4 aromatic carbocycles. The van der Waals surface area contributed by atoms with Crippen LogP contribution in [-0.4, -0.2) is 4.57 Å². The van der Waals surface area contributed by atoms with Gasteiger partial charge in [-0.1, -0.05) is 69.3 Å². The summed E-state index contributed by atoms with van der Waals surface area (Å²) in [7, 11) is 2.14. The number of aryl methyl sites for hydroxylation is 2. The minimum Gasteiger partial charge on any atom is -0.304 e. The van der Waals surface area contributed by atoms with Crippen molar-refractivity contribution in [2.24, 2.45) is 7.05 Å². The summed E-state index contributed by atoms with van der Waals surface area (Å²) in [6.07, 6.45) is 2.16. The molecule has 180 valence electrons. The van der Waals surface area contributed by atoms with E-state index in [1.807, 2.05) is 12.1 Å². The van der Waals surface area contributed by atoms with Gasteiger partial charge in [0.2, 0.25) is 5.69 Å². The lowest BCUT2D eigenvalue weighted by Gasteiger charge is -2.24. The molecule has 0 saturated carbocycles. The van der Waals surface area contributed by atoms with Gasteiger partial charge in [-0.3, -0.25) is 0 Å². The van der Waals surface area contributed by atoms with Crippen LogP contribution in [0.3, 0.4) is 0 Å². The lowest BCUT2D eigenvalue weighted by Crippen LogP contribution is -2.31. The third kappa shape index (κ3) is 3.52. The maximum absolute atomic E-state index is 7.61. The van der Waals surface area contributed by atoms with Crippen molar-refractivity contribution < 1.29 is 4.57 Å². The van der Waals surface area contributed by atoms with Crippen molar-refractivity contribution in [2.45, 2.75) is 33.1 Å². The number of hydrogen-bond acceptors (Lipinski definition) is 0. The van der Waals surface area contributed by atoms with Crippen LogP contribution < -0.4 is 4.57 Å². The number of fused-ring (bicyclic) bond motifs is 4. The van der Waals surface area contributed by atoms with Crippen LogP contribution in [0, 0.1) is 13.5 Å². The SMILES string of the molecule is [C-]#[N+]c1ccc2c(c1)c1cc[n+](C)c(-c3cc(C(C)(C)C)c4ccccc4c3C)c1n2-c1ccccc1. The number of pyridine rings is 1. The Morgan fingerprint density at radius 1 is 0.784 bits per heavy atom. The first kappa shape index (κ1) is 23.0. The van der Waals surface area contributed by atoms with Crippen LogP contribution in [0.4, 0.5) is 5.69 Å². The Morgan fingerprint density at radius 2 is 1.49 bits per heavy atom. The number of nitrogens with zero attached hydrogens (tertiary/aromatic N) is 3. The van der Waals surface area contributed by atoms with Crippen molar-refractivity contribution in [3.63, 3.8) is 0 Å². The summed E-state index contributed by atoms with van der Waals surface area (Å²) >= 11 is 0. The smallest absolute Gasteiger partial charge is 0.237 e. The van der Waals surface area contributed by atoms with Gasteiger partial charge < -0.3 is 4.57 Å². The first-order valence-corrected chi connectivity index (χ1v) is 12.7. The zero-order valence-electron chi connectivity index (χ0n) is 22.0. The molecule has 6 rings (SSSR count). The quantitative estimate of drug-likeness (QED) is 0.174. The standard InChI is InChI=1S/C34H30N3/c1-22-25-14-10-11-15-26(25)30(34(2,3)4)21-28(22)32-33-27(18-19-36(32)6)29-20-23(35-5)16-17-31(29)37(33)24-12-8-7-9-13-24/h7-21H,1-4,6H3/q+1. The van der Waals surface area contributed by atoms with Gasteiger partial charge in [0.1, 0.15) is 12.6 Å². The van der Waals surface area contributed by atoms with E-state index in [9.17, 15) is 0 Å². The maximum atomic E-state index is 7.61. The third-order valence-corrected chi connectivity index (χ3v) is 7.55. The van der Waals surface area contributed by atoms with Crippen LogP contribution in [0.25, 0.3) is 54.4 Å². The number of para-hydroxylation sites is 1. The number of aromatic nitrogens is 2. The van der Waals surface area contributed by atoms with Crippen LogP contribution in [0.5, 0.6) is 0 Å². The molecule has 0 spiro atoms. The van der Waals surface area contributed by atoms with Crippen molar-refractivity contribution in [3.8, 4) is 16.9 Å². The van der Waals surface area contributed by atoms with Gasteiger partial charge in [-0.25, -0.2) is 4.85 Å². The average Bonchev–Trinajstić information content (AvgIpc) is 3.22. The molecule has 6 aromatic rings. The van der Waals surface area contributed by atoms with Gasteiger partial charge in [0.15, 0.2) is 11.9 Å². The molecule has 0 saturated heterocycles. The lowest BCUT2D eigenvalue weighted by atomic mass is 9.80. The van der Waals surface area contributed by atoms with E-state index in [4.69, 9.17) is 6.57 Å². The van der Waals surface area contributed by atoms with Gasteiger partial charge in [-0.05, 0) is 70.0 Å². The summed E-state index contributed by atoms with van der Waals surface area (Å²) in [5.41, 5.74) is 9.06. The fourth-order valence-corrected chi connectivity index (χ4v) is 5.75. The first-order chi connectivity index (χ1) is 17.8. The molecule has 0 unspecified atom stereocenters. The molecule has 0 atom stereocenters. The topological polar surface area (TPSA) is 13.2 Å². The van der Waals surface area contributed by atoms with Crippen LogP contribution in [0.2, 0.25) is 0 Å². The minimum atomic E-state index is -0.00874. The average molecular weight is 481 g/mol. The molecule has 0 radical (unpaired) electrons. The Bertz CT molecular complexity index is 1880. The predicted molar refractivity (Wildman–Crippen MR) is 155 cm³/mol. The van der Waals surface area contributed by atoms with Gasteiger partial charge in [-0.15, -0.1) is 0 Å². The molecule has 37 heavy (non-hydrogen) atoms. The molecule has 2 aromatic heterocycles. The number of hydrogen-bond donors (Lipinski definition) is 0. The van der Waals surface area contributed by atoms with Crippen molar-refractivity contribution >= 4 is 38.3 Å². The Balaban J connectivity index is 1.84. The summed E-state index contributed by atoms with van der Waals surface area (Å²) in [6.45, 7) is 16.7. The zero-order chi connectivity index (χ0) is 25.9. The molecular formula is C34H30N3+. The highest BCUT2D eigenvalue weighted by molar-refractivity contribution is 6.14. The Kier molecular flexibility index (Phi) is 5.17. The van der Waals surface area contributed by atoms with Crippen LogP contribution in [0.15, 0.2) is 91.1 Å². The predicted octanol–water partition coefficient (Wildman–Crippen LogP) is 8.59. The molecule has 0 amide bonds. The second kappa shape index (κ2) is 8.32. The van der Waals surface area contributed by atoms with Crippen LogP contribution in [0.1, 0.15) is 31.9 Å². The Labute approximate surface area is 218 Å². The van der Waals surface area contributed by atoms with Gasteiger partial charge >= 0.3 is 0 Å². The molecule has 0 aliphatic heterocycles. The van der Waals surface area contributed by atoms with Gasteiger partial charge in [-0.2, -0.15) is 4.57 Å². The highest BCUT2D eigenvalue weighted by Crippen LogP contribution is 2.42. The molecule has 0 N–H and O–H groups in total. The second-order valence-electron chi connectivity index (χ2n) is 10.9. The number of rotatable bonds is 2. The summed E-state index contributed by atoms with van der Waals surface area (Å²) in [5, 5.41) is 4.86.